The van der Waals surface area contributed by atoms with Gasteiger partial charge in [-0.15, -0.1) is 0 Å². The van der Waals surface area contributed by atoms with Gasteiger partial charge in [0, 0.05) is 17.0 Å². The summed E-state index contributed by atoms with van der Waals surface area (Å²) >= 11 is 0. The molecule has 3 rings (SSSR count). The normalized spacial score (nSPS) is 16.8. The summed E-state index contributed by atoms with van der Waals surface area (Å²) in [6.45, 7) is 1.33. The monoisotopic (exact) mass is 314 g/mol. The van der Waals surface area contributed by atoms with Crippen molar-refractivity contribution in [3.63, 3.8) is 0 Å². The van der Waals surface area contributed by atoms with Crippen molar-refractivity contribution in [1.29, 1.82) is 0 Å². The van der Waals surface area contributed by atoms with Gasteiger partial charge in [0.1, 0.15) is 0 Å². The number of pyridine rings is 1. The highest BCUT2D eigenvalue weighted by atomic mass is 16.4. The Labute approximate surface area is 133 Å². The Morgan fingerprint density at radius 1 is 1.30 bits per heavy atom. The van der Waals surface area contributed by atoms with Gasteiger partial charge in [-0.1, -0.05) is 18.2 Å². The quantitative estimate of drug-likeness (QED) is 0.779. The van der Waals surface area contributed by atoms with E-state index in [0.717, 1.165) is 18.5 Å². The molecule has 1 fully saturated rings. The number of aliphatic hydroxyl groups excluding tert-OH is 1. The number of aromatic nitrogens is 1. The van der Waals surface area contributed by atoms with E-state index in [9.17, 15) is 14.7 Å². The molecule has 1 heterocycles. The van der Waals surface area contributed by atoms with Crippen LogP contribution in [0.2, 0.25) is 0 Å². The number of para-hydroxylation sites is 1. The standard InChI is InChI=1S/C17H18N2O4/c1-9(20)15(17(22)23)19-16(21)12-8-14(10-6-7-10)18-13-5-3-2-4-11(12)13/h2-5,8-10,15,20H,6-7H2,1H3,(H,19,21)(H,22,23)/t9-,15+/m1/s1. The van der Waals surface area contributed by atoms with E-state index < -0.39 is 24.0 Å². The predicted molar refractivity (Wildman–Crippen MR) is 84.3 cm³/mol. The highest BCUT2D eigenvalue weighted by Gasteiger charge is 2.29. The van der Waals surface area contributed by atoms with Crippen LogP contribution in [0.1, 0.15) is 41.7 Å². The van der Waals surface area contributed by atoms with Crippen molar-refractivity contribution in [2.24, 2.45) is 0 Å². The Morgan fingerprint density at radius 3 is 2.61 bits per heavy atom. The number of fused-ring (bicyclic) bond motifs is 1. The first-order valence-electron chi connectivity index (χ1n) is 7.59. The van der Waals surface area contributed by atoms with E-state index in [4.69, 9.17) is 5.11 Å². The smallest absolute Gasteiger partial charge is 0.328 e. The van der Waals surface area contributed by atoms with E-state index >= 15 is 0 Å². The molecule has 6 nitrogen and oxygen atoms in total. The molecular formula is C17H18N2O4. The number of carboxylic acids is 1. The molecule has 1 aliphatic rings. The Kier molecular flexibility index (Phi) is 4.00. The average Bonchev–Trinajstić information content (AvgIpc) is 3.35. The third-order valence-corrected chi connectivity index (χ3v) is 4.01. The first-order chi connectivity index (χ1) is 11.0. The summed E-state index contributed by atoms with van der Waals surface area (Å²) in [6, 6.07) is 7.66. The molecule has 0 saturated heterocycles. The number of nitrogens with one attached hydrogen (secondary N) is 1. The molecule has 0 aliphatic heterocycles. The molecule has 1 aromatic carbocycles. The van der Waals surface area contributed by atoms with E-state index in [1.807, 2.05) is 12.1 Å². The molecule has 2 aromatic rings. The van der Waals surface area contributed by atoms with Crippen LogP contribution < -0.4 is 5.32 Å². The van der Waals surface area contributed by atoms with Gasteiger partial charge in [0.15, 0.2) is 6.04 Å². The summed E-state index contributed by atoms with van der Waals surface area (Å²) in [6.07, 6.45) is 0.919. The summed E-state index contributed by atoms with van der Waals surface area (Å²) in [4.78, 5) is 28.3. The van der Waals surface area contributed by atoms with E-state index in [1.165, 1.54) is 6.92 Å². The number of hydrogen-bond donors (Lipinski definition) is 3. The van der Waals surface area contributed by atoms with Crippen LogP contribution in [0.5, 0.6) is 0 Å². The minimum Gasteiger partial charge on any atom is -0.480 e. The molecule has 1 aromatic heterocycles. The highest BCUT2D eigenvalue weighted by Crippen LogP contribution is 2.40. The topological polar surface area (TPSA) is 99.5 Å². The Bertz CT molecular complexity index is 768. The van der Waals surface area contributed by atoms with Crippen molar-refractivity contribution >= 4 is 22.8 Å². The second kappa shape index (κ2) is 5.96. The number of carbonyl (C=O) groups is 2. The van der Waals surface area contributed by atoms with E-state index in [0.29, 0.717) is 22.4 Å². The predicted octanol–water partition coefficient (Wildman–Crippen LogP) is 1.68. The lowest BCUT2D eigenvalue weighted by molar-refractivity contribution is -0.141. The first-order valence-corrected chi connectivity index (χ1v) is 7.59. The third-order valence-electron chi connectivity index (χ3n) is 4.01. The van der Waals surface area contributed by atoms with Crippen LogP contribution >= 0.6 is 0 Å². The number of rotatable bonds is 5. The van der Waals surface area contributed by atoms with Gasteiger partial charge in [0.25, 0.3) is 5.91 Å². The molecule has 1 aliphatic carbocycles. The second-order valence-corrected chi connectivity index (χ2v) is 5.92. The molecular weight excluding hydrogens is 296 g/mol. The summed E-state index contributed by atoms with van der Waals surface area (Å²) in [5.74, 6) is -1.41. The minimum atomic E-state index is -1.35. The van der Waals surface area contributed by atoms with Crippen LogP contribution in [-0.4, -0.2) is 39.2 Å². The number of nitrogens with zero attached hydrogens (tertiary/aromatic N) is 1. The lowest BCUT2D eigenvalue weighted by Crippen LogP contribution is -2.47. The van der Waals surface area contributed by atoms with Gasteiger partial charge in [0.05, 0.1) is 17.2 Å². The van der Waals surface area contributed by atoms with Crippen molar-refractivity contribution < 1.29 is 19.8 Å². The molecule has 0 radical (unpaired) electrons. The fraction of sp³-hybridized carbons (Fsp3) is 0.353. The Balaban J connectivity index is 2.00. The fourth-order valence-corrected chi connectivity index (χ4v) is 2.58. The van der Waals surface area contributed by atoms with Gasteiger partial charge in [-0.25, -0.2) is 4.79 Å². The molecule has 23 heavy (non-hydrogen) atoms. The minimum absolute atomic E-state index is 0.373. The zero-order valence-corrected chi connectivity index (χ0v) is 12.7. The molecule has 120 valence electrons. The number of carbonyl (C=O) groups excluding carboxylic acids is 1. The van der Waals surface area contributed by atoms with Gasteiger partial charge in [-0.05, 0) is 31.9 Å². The van der Waals surface area contributed by atoms with Gasteiger partial charge >= 0.3 is 5.97 Å². The third kappa shape index (κ3) is 3.17. The van der Waals surface area contributed by atoms with E-state index in [2.05, 4.69) is 10.3 Å². The average molecular weight is 314 g/mol. The lowest BCUT2D eigenvalue weighted by atomic mass is 10.0. The number of amides is 1. The van der Waals surface area contributed by atoms with E-state index in [1.54, 1.807) is 18.2 Å². The van der Waals surface area contributed by atoms with Crippen molar-refractivity contribution in [2.75, 3.05) is 0 Å². The summed E-state index contributed by atoms with van der Waals surface area (Å²) in [5, 5.41) is 21.7. The summed E-state index contributed by atoms with van der Waals surface area (Å²) in [7, 11) is 0. The van der Waals surface area contributed by atoms with Crippen LogP contribution in [0, 0.1) is 0 Å². The van der Waals surface area contributed by atoms with Crippen LogP contribution in [0.25, 0.3) is 10.9 Å². The molecule has 3 N–H and O–H groups in total. The summed E-state index contributed by atoms with van der Waals surface area (Å²) < 4.78 is 0. The molecule has 0 spiro atoms. The maximum atomic E-state index is 12.6. The second-order valence-electron chi connectivity index (χ2n) is 5.92. The molecule has 0 unspecified atom stereocenters. The van der Waals surface area contributed by atoms with Crippen molar-refractivity contribution in [3.8, 4) is 0 Å². The van der Waals surface area contributed by atoms with Gasteiger partial charge in [-0.3, -0.25) is 9.78 Å². The van der Waals surface area contributed by atoms with Crippen LogP contribution in [-0.2, 0) is 4.79 Å². The molecule has 0 bridgehead atoms. The van der Waals surface area contributed by atoms with E-state index in [-0.39, 0.29) is 0 Å². The van der Waals surface area contributed by atoms with Gasteiger partial charge in [0.2, 0.25) is 0 Å². The van der Waals surface area contributed by atoms with Crippen LogP contribution in [0.15, 0.2) is 30.3 Å². The zero-order chi connectivity index (χ0) is 16.6. The maximum Gasteiger partial charge on any atom is 0.328 e. The van der Waals surface area contributed by atoms with Gasteiger partial charge in [-0.2, -0.15) is 0 Å². The van der Waals surface area contributed by atoms with Crippen molar-refractivity contribution in [3.05, 3.63) is 41.6 Å². The number of benzene rings is 1. The largest absolute Gasteiger partial charge is 0.480 e. The Morgan fingerprint density at radius 2 is 2.00 bits per heavy atom. The SMILES string of the molecule is C[C@@H](O)[C@H](NC(=O)c1cc(C2CC2)nc2ccccc12)C(=O)O. The van der Waals surface area contributed by atoms with Crippen molar-refractivity contribution in [1.82, 2.24) is 10.3 Å². The maximum absolute atomic E-state index is 12.6. The molecule has 1 amide bonds. The molecule has 6 heteroatoms. The Hall–Kier alpha value is -2.47. The number of aliphatic carboxylic acids is 1. The highest BCUT2D eigenvalue weighted by molar-refractivity contribution is 6.07. The van der Waals surface area contributed by atoms with Gasteiger partial charge < -0.3 is 15.5 Å². The summed E-state index contributed by atoms with van der Waals surface area (Å²) in [5.41, 5.74) is 1.97. The fourth-order valence-electron chi connectivity index (χ4n) is 2.58. The van der Waals surface area contributed by atoms with Crippen LogP contribution in [0.3, 0.4) is 0 Å². The number of hydrogen-bond acceptors (Lipinski definition) is 4. The molecule has 1 saturated carbocycles. The van der Waals surface area contributed by atoms with Crippen molar-refractivity contribution in [2.45, 2.75) is 37.8 Å². The van der Waals surface area contributed by atoms with Crippen LogP contribution in [0.4, 0.5) is 0 Å². The molecule has 2 atom stereocenters. The zero-order valence-electron chi connectivity index (χ0n) is 12.7. The lowest BCUT2D eigenvalue weighted by Gasteiger charge is -2.18. The first kappa shape index (κ1) is 15.4. The number of carboxylic acid groups (broad SMARTS) is 1. The number of aliphatic hydroxyl groups is 1.